The van der Waals surface area contributed by atoms with Crippen LogP contribution in [0.15, 0.2) is 24.3 Å². The SMILES string of the molecule is Nc1ccc(NC(=O)NC2CCN3CCCC23)cc1. The van der Waals surface area contributed by atoms with E-state index in [0.717, 1.165) is 18.7 Å². The van der Waals surface area contributed by atoms with Crippen molar-refractivity contribution >= 4 is 17.4 Å². The van der Waals surface area contributed by atoms with Gasteiger partial charge in [0.05, 0.1) is 0 Å². The van der Waals surface area contributed by atoms with Crippen molar-refractivity contribution in [3.05, 3.63) is 24.3 Å². The van der Waals surface area contributed by atoms with E-state index in [9.17, 15) is 4.79 Å². The van der Waals surface area contributed by atoms with Crippen molar-refractivity contribution in [1.82, 2.24) is 10.2 Å². The monoisotopic (exact) mass is 260 g/mol. The number of amides is 2. The van der Waals surface area contributed by atoms with Crippen LogP contribution in [-0.2, 0) is 0 Å². The number of nitrogens with one attached hydrogen (secondary N) is 2. The van der Waals surface area contributed by atoms with Crippen LogP contribution in [0.5, 0.6) is 0 Å². The first-order valence-corrected chi connectivity index (χ1v) is 6.89. The summed E-state index contributed by atoms with van der Waals surface area (Å²) in [6.07, 6.45) is 3.51. The van der Waals surface area contributed by atoms with Crippen LogP contribution < -0.4 is 16.4 Å². The smallest absolute Gasteiger partial charge is 0.319 e. The Morgan fingerprint density at radius 1 is 1.21 bits per heavy atom. The molecule has 0 saturated carbocycles. The van der Waals surface area contributed by atoms with Gasteiger partial charge in [-0.2, -0.15) is 0 Å². The molecule has 3 rings (SSSR count). The highest BCUT2D eigenvalue weighted by Crippen LogP contribution is 2.27. The molecule has 2 atom stereocenters. The van der Waals surface area contributed by atoms with Crippen LogP contribution in [0.1, 0.15) is 19.3 Å². The Hall–Kier alpha value is -1.75. The maximum absolute atomic E-state index is 12.0. The topological polar surface area (TPSA) is 70.4 Å². The van der Waals surface area contributed by atoms with Crippen molar-refractivity contribution in [1.29, 1.82) is 0 Å². The molecule has 1 aromatic carbocycles. The van der Waals surface area contributed by atoms with E-state index in [2.05, 4.69) is 15.5 Å². The van der Waals surface area contributed by atoms with Crippen molar-refractivity contribution in [2.45, 2.75) is 31.3 Å². The van der Waals surface area contributed by atoms with Gasteiger partial charge in [0.15, 0.2) is 0 Å². The van der Waals surface area contributed by atoms with Crippen LogP contribution in [0.2, 0.25) is 0 Å². The Morgan fingerprint density at radius 2 is 2.00 bits per heavy atom. The second-order valence-corrected chi connectivity index (χ2v) is 5.36. The zero-order chi connectivity index (χ0) is 13.2. The first-order chi connectivity index (χ1) is 9.22. The van der Waals surface area contributed by atoms with Crippen LogP contribution in [0.25, 0.3) is 0 Å². The summed E-state index contributed by atoms with van der Waals surface area (Å²) in [6.45, 7) is 2.29. The number of fused-ring (bicyclic) bond motifs is 1. The first kappa shape index (κ1) is 12.3. The largest absolute Gasteiger partial charge is 0.399 e. The van der Waals surface area contributed by atoms with E-state index in [4.69, 9.17) is 5.73 Å². The van der Waals surface area contributed by atoms with Crippen LogP contribution in [0, 0.1) is 0 Å². The second-order valence-electron chi connectivity index (χ2n) is 5.36. The molecule has 2 aliphatic rings. The van der Waals surface area contributed by atoms with E-state index >= 15 is 0 Å². The summed E-state index contributed by atoms with van der Waals surface area (Å²) >= 11 is 0. The minimum absolute atomic E-state index is 0.122. The number of carbonyl (C=O) groups excluding carboxylic acids is 1. The number of urea groups is 1. The minimum atomic E-state index is -0.122. The molecule has 0 aliphatic carbocycles. The van der Waals surface area contributed by atoms with Gasteiger partial charge in [-0.25, -0.2) is 4.79 Å². The summed E-state index contributed by atoms with van der Waals surface area (Å²) < 4.78 is 0. The number of anilines is 2. The van der Waals surface area contributed by atoms with Gasteiger partial charge in [-0.1, -0.05) is 0 Å². The third-order valence-corrected chi connectivity index (χ3v) is 4.09. The van der Waals surface area contributed by atoms with Crippen LogP contribution in [0.4, 0.5) is 16.2 Å². The highest BCUT2D eigenvalue weighted by atomic mass is 16.2. The van der Waals surface area contributed by atoms with Crippen molar-refractivity contribution < 1.29 is 4.79 Å². The van der Waals surface area contributed by atoms with E-state index in [1.807, 2.05) is 12.1 Å². The molecule has 2 aliphatic heterocycles. The molecule has 0 radical (unpaired) electrons. The quantitative estimate of drug-likeness (QED) is 0.708. The van der Waals surface area contributed by atoms with E-state index in [-0.39, 0.29) is 12.1 Å². The van der Waals surface area contributed by atoms with Gasteiger partial charge in [-0.05, 0) is 50.1 Å². The number of hydrogen-bond acceptors (Lipinski definition) is 3. The molecule has 2 saturated heterocycles. The molecule has 4 N–H and O–H groups in total. The molecule has 0 bridgehead atoms. The molecular formula is C14H20N4O. The summed E-state index contributed by atoms with van der Waals surface area (Å²) in [4.78, 5) is 14.5. The predicted octanol–water partition coefficient (Wildman–Crippen LogP) is 1.63. The Morgan fingerprint density at radius 3 is 2.79 bits per heavy atom. The number of carbonyl (C=O) groups is 1. The lowest BCUT2D eigenvalue weighted by molar-refractivity contribution is 0.243. The molecule has 2 amide bonds. The zero-order valence-electron chi connectivity index (χ0n) is 10.9. The fourth-order valence-electron chi connectivity index (χ4n) is 3.15. The Balaban J connectivity index is 1.55. The molecule has 0 spiro atoms. The third kappa shape index (κ3) is 2.66. The molecule has 1 aromatic rings. The van der Waals surface area contributed by atoms with Gasteiger partial charge in [0, 0.05) is 30.0 Å². The molecule has 19 heavy (non-hydrogen) atoms. The number of hydrogen-bond donors (Lipinski definition) is 3. The highest BCUT2D eigenvalue weighted by Gasteiger charge is 2.37. The standard InChI is InChI=1S/C14H20N4O/c15-10-3-5-11(6-4-10)16-14(19)17-12-7-9-18-8-1-2-13(12)18/h3-6,12-13H,1-2,7-9,15H2,(H2,16,17,19). The van der Waals surface area contributed by atoms with Crippen molar-refractivity contribution in [3.63, 3.8) is 0 Å². The van der Waals surface area contributed by atoms with E-state index in [0.29, 0.717) is 11.7 Å². The molecule has 102 valence electrons. The summed E-state index contributed by atoms with van der Waals surface area (Å²) in [5, 5.41) is 5.94. The predicted molar refractivity (Wildman–Crippen MR) is 76.0 cm³/mol. The number of nitrogens with two attached hydrogens (primary N) is 1. The average Bonchev–Trinajstić information content (AvgIpc) is 2.97. The lowest BCUT2D eigenvalue weighted by atomic mass is 10.1. The molecule has 2 unspecified atom stereocenters. The maximum atomic E-state index is 12.0. The molecule has 5 heteroatoms. The van der Waals surface area contributed by atoms with E-state index in [1.165, 1.54) is 19.4 Å². The lowest BCUT2D eigenvalue weighted by Crippen LogP contribution is -2.44. The van der Waals surface area contributed by atoms with E-state index < -0.39 is 0 Å². The fourth-order valence-corrected chi connectivity index (χ4v) is 3.15. The molecule has 0 aromatic heterocycles. The molecule has 2 fully saturated rings. The van der Waals surface area contributed by atoms with Gasteiger partial charge in [0.25, 0.3) is 0 Å². The van der Waals surface area contributed by atoms with Crippen LogP contribution >= 0.6 is 0 Å². The number of benzene rings is 1. The van der Waals surface area contributed by atoms with E-state index in [1.54, 1.807) is 12.1 Å². The van der Waals surface area contributed by atoms with Gasteiger partial charge >= 0.3 is 6.03 Å². The molecule has 5 nitrogen and oxygen atoms in total. The van der Waals surface area contributed by atoms with Crippen LogP contribution in [-0.4, -0.2) is 36.1 Å². The summed E-state index contributed by atoms with van der Waals surface area (Å²) in [5.74, 6) is 0. The summed E-state index contributed by atoms with van der Waals surface area (Å²) in [6, 6.07) is 7.89. The van der Waals surface area contributed by atoms with Gasteiger partial charge < -0.3 is 16.4 Å². The summed E-state index contributed by atoms with van der Waals surface area (Å²) in [7, 11) is 0. The Bertz CT molecular complexity index is 459. The fraction of sp³-hybridized carbons (Fsp3) is 0.500. The minimum Gasteiger partial charge on any atom is -0.399 e. The normalized spacial score (nSPS) is 26.1. The van der Waals surface area contributed by atoms with Gasteiger partial charge in [0.2, 0.25) is 0 Å². The summed E-state index contributed by atoms with van der Waals surface area (Å²) in [5.41, 5.74) is 7.08. The number of nitrogens with zero attached hydrogens (tertiary/aromatic N) is 1. The number of rotatable bonds is 2. The lowest BCUT2D eigenvalue weighted by Gasteiger charge is -2.21. The van der Waals surface area contributed by atoms with Crippen molar-refractivity contribution in [2.24, 2.45) is 0 Å². The highest BCUT2D eigenvalue weighted by molar-refractivity contribution is 5.89. The zero-order valence-corrected chi connectivity index (χ0v) is 10.9. The Kier molecular flexibility index (Phi) is 3.29. The third-order valence-electron chi connectivity index (χ3n) is 4.09. The van der Waals surface area contributed by atoms with Crippen LogP contribution in [0.3, 0.4) is 0 Å². The second kappa shape index (κ2) is 5.09. The van der Waals surface area contributed by atoms with Gasteiger partial charge in [0.1, 0.15) is 0 Å². The first-order valence-electron chi connectivity index (χ1n) is 6.89. The number of nitrogen functional groups attached to an aromatic ring is 1. The molecule has 2 heterocycles. The van der Waals surface area contributed by atoms with Gasteiger partial charge in [-0.3, -0.25) is 4.90 Å². The molecular weight excluding hydrogens is 240 g/mol. The maximum Gasteiger partial charge on any atom is 0.319 e. The Labute approximate surface area is 113 Å². The van der Waals surface area contributed by atoms with Gasteiger partial charge in [-0.15, -0.1) is 0 Å². The van der Waals surface area contributed by atoms with Crippen molar-refractivity contribution in [3.8, 4) is 0 Å². The van der Waals surface area contributed by atoms with Crippen molar-refractivity contribution in [2.75, 3.05) is 24.1 Å². The average molecular weight is 260 g/mol.